The van der Waals surface area contributed by atoms with Crippen LogP contribution in [-0.2, 0) is 102 Å². The fraction of sp³-hybridized carbons (Fsp3) is 0.506. The SMILES string of the molecule is CC(Cc1cc(O)ccc1I)C(=O)OC(C)(C)C.CCCOc1ccc(I)c(CC(C)C(=O)OC(C)(C)C)c1.CCCOc1ccc(I)c(CC(C)C(=O)OC(C)(C)C)c1.CCCOc1ccc(I)c(CC(N)C(=O)O)c1.Cc1ccc(S(=O)(=O)OCCOS(=O)(=O)c2ccc(C)cc2)cc1.O=S(=O)(OCCBr)C(F)(F)F.[18F]CCBr.[H+].[H+]. The van der Waals surface area contributed by atoms with Gasteiger partial charge in [-0.3, -0.25) is 36.1 Å². The van der Waals surface area contributed by atoms with Crippen molar-refractivity contribution in [3.63, 3.8) is 0 Å². The number of alkyl halides is 6. The van der Waals surface area contributed by atoms with Crippen molar-refractivity contribution in [2.75, 3.05) is 57.0 Å². The Morgan fingerprint density at radius 2 is 0.741 bits per heavy atom. The van der Waals surface area contributed by atoms with Crippen molar-refractivity contribution in [1.29, 1.82) is 0 Å². The first-order chi connectivity index (χ1) is 53.6. The van der Waals surface area contributed by atoms with E-state index in [1.165, 1.54) is 24.3 Å². The van der Waals surface area contributed by atoms with E-state index in [4.69, 9.17) is 47.6 Å². The van der Waals surface area contributed by atoms with Gasteiger partial charge in [0.15, 0.2) is 0 Å². The Morgan fingerprint density at radius 3 is 1.00 bits per heavy atom. The van der Waals surface area contributed by atoms with Gasteiger partial charge in [0.1, 0.15) is 45.8 Å². The van der Waals surface area contributed by atoms with Crippen LogP contribution in [0.1, 0.15) is 159 Å². The number of aryl methyl sites for hydroxylation is 2. The molecule has 0 bridgehead atoms. The van der Waals surface area contributed by atoms with Crippen LogP contribution in [-0.4, -0.2) is 145 Å². The summed E-state index contributed by atoms with van der Waals surface area (Å²) in [7, 11) is -13.3. The van der Waals surface area contributed by atoms with Gasteiger partial charge >= 0.3 is 42.4 Å². The normalized spacial score (nSPS) is 12.6. The van der Waals surface area contributed by atoms with E-state index in [0.29, 0.717) is 50.8 Å². The van der Waals surface area contributed by atoms with Gasteiger partial charge in [0.2, 0.25) is 0 Å². The van der Waals surface area contributed by atoms with Crippen LogP contribution >= 0.6 is 122 Å². The quantitative estimate of drug-likeness (QED) is 0.00516. The van der Waals surface area contributed by atoms with Crippen LogP contribution in [0.5, 0.6) is 23.0 Å². The first-order valence-electron chi connectivity index (χ1n) is 36.6. The number of esters is 3. The van der Waals surface area contributed by atoms with Crippen molar-refractivity contribution in [1.82, 2.24) is 0 Å². The van der Waals surface area contributed by atoms with Gasteiger partial charge in [-0.1, -0.05) is 109 Å². The molecule has 0 heterocycles. The second kappa shape index (κ2) is 55.7. The minimum atomic E-state index is -5.39. The van der Waals surface area contributed by atoms with Crippen molar-refractivity contribution in [2.24, 2.45) is 23.5 Å². The van der Waals surface area contributed by atoms with Gasteiger partial charge in [-0.2, -0.15) is 38.4 Å². The van der Waals surface area contributed by atoms with E-state index >= 15 is 0 Å². The van der Waals surface area contributed by atoms with E-state index < -0.39 is 84.5 Å². The first-order valence-corrected chi connectivity index (χ1v) is 47.3. The molecular formula is C81H113Br2F4I4NO21S3+2. The van der Waals surface area contributed by atoms with Gasteiger partial charge in [0.05, 0.1) is 73.9 Å². The zero-order chi connectivity index (χ0) is 89.2. The third-order valence-corrected chi connectivity index (χ3v) is 22.6. The van der Waals surface area contributed by atoms with Crippen molar-refractivity contribution in [3.05, 3.63) is 169 Å². The highest BCUT2D eigenvalue weighted by Gasteiger charge is 2.47. The summed E-state index contributed by atoms with van der Waals surface area (Å²) in [5.74, 6) is 0.658. The molecule has 4 N–H and O–H groups in total. The summed E-state index contributed by atoms with van der Waals surface area (Å²) >= 11 is 14.5. The van der Waals surface area contributed by atoms with Crippen LogP contribution in [0.15, 0.2) is 131 Å². The lowest BCUT2D eigenvalue weighted by atomic mass is 10.0. The second-order valence-corrected chi connectivity index (χ2v) is 39.7. The number of carbonyl (C=O) groups excluding carboxylic acids is 3. The molecule has 6 aromatic rings. The number of carbonyl (C=O) groups is 4. The molecule has 0 amide bonds. The number of nitrogens with two attached hydrogens (primary N) is 1. The number of phenolic OH excluding ortho intramolecular Hbond substituents is 1. The number of carboxylic acid groups (broad SMARTS) is 1. The number of aliphatic carboxylic acids is 1. The zero-order valence-electron chi connectivity index (χ0n) is 70.4. The molecule has 0 fully saturated rings. The lowest BCUT2D eigenvalue weighted by Gasteiger charge is -2.22. The van der Waals surface area contributed by atoms with E-state index in [-0.39, 0.29) is 66.1 Å². The summed E-state index contributed by atoms with van der Waals surface area (Å²) in [5, 5.41) is 18.7. The van der Waals surface area contributed by atoms with Gasteiger partial charge in [-0.15, -0.1) is 0 Å². The smallest absolute Gasteiger partial charge is 0.508 e. The molecule has 0 aliphatic rings. The highest BCUT2D eigenvalue weighted by Crippen LogP contribution is 2.29. The molecule has 0 saturated carbocycles. The van der Waals surface area contributed by atoms with Gasteiger partial charge in [-0.05, 0) is 331 Å². The summed E-state index contributed by atoms with van der Waals surface area (Å²) < 4.78 is 163. The molecule has 6 rings (SSSR count). The van der Waals surface area contributed by atoms with Crippen molar-refractivity contribution < 1.29 is 116 Å². The van der Waals surface area contributed by atoms with E-state index in [1.807, 2.05) is 165 Å². The Hall–Kier alpha value is -4.31. The topological polar surface area (TPSA) is 320 Å². The van der Waals surface area contributed by atoms with Crippen LogP contribution in [0.3, 0.4) is 0 Å². The molecule has 0 saturated heterocycles. The third-order valence-electron chi connectivity index (χ3n) is 14.1. The number of phenols is 1. The summed E-state index contributed by atoms with van der Waals surface area (Å²) in [6, 6.07) is 34.3. The first kappa shape index (κ1) is 112. The minimum absolute atomic E-state index is 0. The number of carboxylic acids is 1. The largest absolute Gasteiger partial charge is 1.00 e. The molecule has 4 atom stereocenters. The maximum absolute atomic E-state index is 12.1. The number of hydrogen-bond donors (Lipinski definition) is 3. The predicted octanol–water partition coefficient (Wildman–Crippen LogP) is 20.0. The van der Waals surface area contributed by atoms with Crippen LogP contribution in [0.2, 0.25) is 0 Å². The molecular weight excluding hydrogens is 2160 g/mol. The van der Waals surface area contributed by atoms with E-state index in [9.17, 15) is 67.1 Å². The average molecular weight is 2280 g/mol. The Kier molecular flexibility index (Phi) is 53.6. The van der Waals surface area contributed by atoms with Gasteiger partial charge in [0, 0.05) is 24.9 Å². The molecule has 6 aromatic carbocycles. The molecule has 22 nitrogen and oxygen atoms in total. The molecule has 654 valence electrons. The standard InChI is InChI=1S/2C17H25IO3.C16H18O6S2.C14H19IO3.C12H16INO3.C3H4BrF3O3S.C2H4BrF/c2*1-6-9-20-14-7-8-15(18)13(11-14)10-12(2)16(19)21-17(3,4)5;1-13-3-7-15(8-4-13)23(17,18)21-11-12-22-24(19,20)16-9-5-14(2)6-10-16;1-9(13(17)18-14(2,3)4)7-10-8-11(16)5-6-12(10)15;1-2-5-17-9-3-4-10(13)8(6-9)7-11(14)12(15)16;4-1-2-10-11(8,9)3(5,6)7;3-1-2-4/h2*7-8,11-12H,6,9-10H2,1-5H3;3-10H,11-12H2,1-2H3;5-6,8-9,16H,7H2,1-4H3;3-4,6,11H,2,5,7,14H2,1H3,(H,15,16);1-2H2;1-2H2/p+2/i;;;;;;4-1. The Labute approximate surface area is 758 Å². The molecule has 0 aliphatic carbocycles. The van der Waals surface area contributed by atoms with Crippen molar-refractivity contribution in [2.45, 2.75) is 201 Å². The molecule has 0 spiro atoms. The van der Waals surface area contributed by atoms with Gasteiger partial charge < -0.3 is 44.4 Å². The number of benzene rings is 6. The predicted molar refractivity (Wildman–Crippen MR) is 486 cm³/mol. The summed E-state index contributed by atoms with van der Waals surface area (Å²) in [5.41, 5.74) is 4.83. The molecule has 4 unspecified atom stereocenters. The molecule has 0 radical (unpaired) electrons. The number of aromatic hydroxyl groups is 1. The van der Waals surface area contributed by atoms with Gasteiger partial charge in [-0.25, -0.2) is 0 Å². The Morgan fingerprint density at radius 1 is 0.457 bits per heavy atom. The summed E-state index contributed by atoms with van der Waals surface area (Å²) in [6.07, 6.45) is 5.12. The van der Waals surface area contributed by atoms with Crippen molar-refractivity contribution in [3.8, 4) is 23.0 Å². The summed E-state index contributed by atoms with van der Waals surface area (Å²) in [4.78, 5) is 46.8. The lowest BCUT2D eigenvalue weighted by Crippen LogP contribution is -2.32. The fourth-order valence-corrected chi connectivity index (χ4v) is 13.4. The van der Waals surface area contributed by atoms with Crippen LogP contribution in [0.25, 0.3) is 0 Å². The van der Waals surface area contributed by atoms with E-state index in [1.54, 1.807) is 36.4 Å². The Bertz CT molecular complexity index is 4150. The molecule has 116 heavy (non-hydrogen) atoms. The molecule has 0 aliphatic heterocycles. The maximum atomic E-state index is 12.1. The van der Waals surface area contributed by atoms with Crippen LogP contribution in [0.4, 0.5) is 17.6 Å². The summed E-state index contributed by atoms with van der Waals surface area (Å²) in [6.45, 7) is 32.9. The fourth-order valence-electron chi connectivity index (χ4n) is 8.58. The highest BCUT2D eigenvalue weighted by atomic mass is 127. The van der Waals surface area contributed by atoms with Crippen LogP contribution in [0, 0.1) is 45.9 Å². The number of hydrogen-bond acceptors (Lipinski definition) is 21. The minimum Gasteiger partial charge on any atom is -0.508 e. The number of halogens is 10. The average Bonchev–Trinajstić information content (AvgIpc) is 0.844. The highest BCUT2D eigenvalue weighted by molar-refractivity contribution is 14.1. The van der Waals surface area contributed by atoms with E-state index in [0.717, 1.165) is 84.2 Å². The molecule has 0 aromatic heterocycles. The monoisotopic (exact) mass is 2270 g/mol. The maximum Gasteiger partial charge on any atom is 1.00 e. The van der Waals surface area contributed by atoms with E-state index in [2.05, 4.69) is 140 Å². The third kappa shape index (κ3) is 49.0. The molecule has 35 heteroatoms. The number of rotatable bonds is 32. The zero-order valence-corrected chi connectivity index (χ0v) is 82.7. The van der Waals surface area contributed by atoms with Gasteiger partial charge in [0.25, 0.3) is 20.2 Å². The Balaban J connectivity index is -0.00000134. The van der Waals surface area contributed by atoms with Crippen molar-refractivity contribution >= 4 is 176 Å². The number of ether oxygens (including phenoxy) is 6. The second-order valence-electron chi connectivity index (χ2n) is 28.6. The van der Waals surface area contributed by atoms with Crippen LogP contribution < -0.4 is 19.9 Å². The lowest BCUT2D eigenvalue weighted by molar-refractivity contribution is -0.160.